The number of benzene rings is 2. The number of aryl methyl sites for hydroxylation is 2. The topological polar surface area (TPSA) is 90.5 Å². The summed E-state index contributed by atoms with van der Waals surface area (Å²) in [5, 5.41) is 12.2. The number of nitrogens with one attached hydrogen (secondary N) is 1. The molecule has 4 rings (SSSR count). The highest BCUT2D eigenvalue weighted by Crippen LogP contribution is 2.16. The lowest BCUT2D eigenvalue weighted by atomic mass is 10.2. The van der Waals surface area contributed by atoms with Crippen molar-refractivity contribution >= 4 is 22.6 Å². The molecule has 0 spiro atoms. The summed E-state index contributed by atoms with van der Waals surface area (Å²) in [6, 6.07) is 17.2. The Bertz CT molecular complexity index is 1290. The van der Waals surface area contributed by atoms with Crippen molar-refractivity contribution < 1.29 is 9.53 Å². The van der Waals surface area contributed by atoms with E-state index in [4.69, 9.17) is 4.74 Å². The highest BCUT2D eigenvalue weighted by atomic mass is 16.5. The van der Waals surface area contributed by atoms with Crippen LogP contribution >= 0.6 is 0 Å². The highest BCUT2D eigenvalue weighted by molar-refractivity contribution is 5.80. The summed E-state index contributed by atoms with van der Waals surface area (Å²) in [5.74, 6) is 1.09. The lowest BCUT2D eigenvalue weighted by Gasteiger charge is -2.12. The third-order valence-electron chi connectivity index (χ3n) is 5.46. The van der Waals surface area contributed by atoms with E-state index in [-0.39, 0.29) is 24.0 Å². The zero-order chi connectivity index (χ0) is 23.2. The molecule has 0 aliphatic rings. The van der Waals surface area contributed by atoms with E-state index in [1.165, 1.54) is 0 Å². The molecule has 0 saturated carbocycles. The summed E-state index contributed by atoms with van der Waals surface area (Å²) in [6.07, 6.45) is 1.53. The van der Waals surface area contributed by atoms with Crippen molar-refractivity contribution in [3.05, 3.63) is 76.3 Å². The van der Waals surface area contributed by atoms with Crippen LogP contribution in [0.15, 0.2) is 59.4 Å². The first-order chi connectivity index (χ1) is 16.0. The van der Waals surface area contributed by atoms with Crippen molar-refractivity contribution in [3.8, 4) is 0 Å². The average Bonchev–Trinajstić information content (AvgIpc) is 3.25. The first-order valence-electron chi connectivity index (χ1n) is 11.3. The Morgan fingerprint density at radius 3 is 2.61 bits per heavy atom. The van der Waals surface area contributed by atoms with E-state index in [1.807, 2.05) is 72.8 Å². The van der Waals surface area contributed by atoms with Crippen LogP contribution in [0.2, 0.25) is 0 Å². The van der Waals surface area contributed by atoms with Gasteiger partial charge in [-0.25, -0.2) is 0 Å². The Kier molecular flexibility index (Phi) is 7.14. The van der Waals surface area contributed by atoms with E-state index in [0.717, 1.165) is 11.1 Å². The van der Waals surface area contributed by atoms with Crippen LogP contribution in [0.5, 0.6) is 0 Å². The normalized spacial score (nSPS) is 11.5. The number of hydrogen-bond donors (Lipinski definition) is 1. The van der Waals surface area contributed by atoms with Crippen LogP contribution in [0.3, 0.4) is 0 Å². The van der Waals surface area contributed by atoms with Crippen molar-refractivity contribution in [2.24, 2.45) is 0 Å². The maximum Gasteiger partial charge on any atom is 0.262 e. The molecule has 4 aromatic rings. The van der Waals surface area contributed by atoms with Crippen LogP contribution in [0.1, 0.15) is 38.1 Å². The fourth-order valence-electron chi connectivity index (χ4n) is 3.83. The van der Waals surface area contributed by atoms with E-state index >= 15 is 0 Å². The van der Waals surface area contributed by atoms with E-state index in [9.17, 15) is 9.59 Å². The minimum Gasteiger partial charge on any atom is -0.379 e. The fourth-order valence-corrected chi connectivity index (χ4v) is 3.83. The van der Waals surface area contributed by atoms with Crippen LogP contribution in [-0.4, -0.2) is 37.8 Å². The van der Waals surface area contributed by atoms with E-state index in [0.29, 0.717) is 49.5 Å². The molecule has 8 nitrogen and oxygen atoms in total. The molecule has 2 aromatic heterocycles. The van der Waals surface area contributed by atoms with E-state index < -0.39 is 0 Å². The van der Waals surface area contributed by atoms with Crippen LogP contribution in [-0.2, 0) is 29.0 Å². The number of carbonyl (C=O) groups is 1. The van der Waals surface area contributed by atoms with Crippen molar-refractivity contribution in [2.45, 2.75) is 52.3 Å². The largest absolute Gasteiger partial charge is 0.379 e. The molecule has 8 heteroatoms. The number of amides is 1. The van der Waals surface area contributed by atoms with Gasteiger partial charge in [-0.05, 0) is 38.0 Å². The van der Waals surface area contributed by atoms with Gasteiger partial charge in [0.05, 0.1) is 17.0 Å². The van der Waals surface area contributed by atoms with Crippen LogP contribution in [0.4, 0.5) is 0 Å². The smallest absolute Gasteiger partial charge is 0.262 e. The summed E-state index contributed by atoms with van der Waals surface area (Å²) >= 11 is 0. The molecule has 0 unspecified atom stereocenters. The van der Waals surface area contributed by atoms with Gasteiger partial charge in [-0.15, -0.1) is 10.2 Å². The minimum absolute atomic E-state index is 0.0564. The molecule has 172 valence electrons. The molecule has 0 radical (unpaired) electrons. The molecule has 0 bridgehead atoms. The number of carbonyl (C=O) groups excluding carboxylic acids is 1. The van der Waals surface area contributed by atoms with E-state index in [1.54, 1.807) is 4.57 Å². The monoisotopic (exact) mass is 447 g/mol. The van der Waals surface area contributed by atoms with Crippen LogP contribution in [0, 0.1) is 0 Å². The molecule has 0 fully saturated rings. The third kappa shape index (κ3) is 5.28. The quantitative estimate of drug-likeness (QED) is 0.377. The van der Waals surface area contributed by atoms with Crippen molar-refractivity contribution in [1.82, 2.24) is 24.5 Å². The molecular formula is C25H29N5O3. The van der Waals surface area contributed by atoms with Crippen LogP contribution < -0.4 is 10.9 Å². The number of para-hydroxylation sites is 1. The predicted molar refractivity (Wildman–Crippen MR) is 127 cm³/mol. The highest BCUT2D eigenvalue weighted by Gasteiger charge is 2.17. The molecule has 0 atom stereocenters. The molecule has 0 saturated heterocycles. The Hall–Kier alpha value is -3.52. The predicted octanol–water partition coefficient (Wildman–Crippen LogP) is 3.11. The maximum absolute atomic E-state index is 13.1. The SMILES string of the molecule is CC(C)OCCCn1c(=O)c2ccccc2n2c(CCC(=O)NCc3ccccc3)nnc12. The first-order valence-corrected chi connectivity index (χ1v) is 11.3. The molecular weight excluding hydrogens is 418 g/mol. The number of rotatable bonds is 10. The lowest BCUT2D eigenvalue weighted by Crippen LogP contribution is -2.25. The van der Waals surface area contributed by atoms with Gasteiger partial charge >= 0.3 is 0 Å². The van der Waals surface area contributed by atoms with Crippen LogP contribution in [0.25, 0.3) is 16.7 Å². The zero-order valence-electron chi connectivity index (χ0n) is 19.0. The molecule has 0 aliphatic heterocycles. The summed E-state index contributed by atoms with van der Waals surface area (Å²) in [5.41, 5.74) is 1.70. The number of aromatic nitrogens is 4. The van der Waals surface area contributed by atoms with Gasteiger partial charge in [0, 0.05) is 32.5 Å². The van der Waals surface area contributed by atoms with Gasteiger partial charge in [0.25, 0.3) is 5.56 Å². The Morgan fingerprint density at radius 2 is 1.82 bits per heavy atom. The maximum atomic E-state index is 13.1. The summed E-state index contributed by atoms with van der Waals surface area (Å²) in [6.45, 7) is 5.50. The zero-order valence-corrected chi connectivity index (χ0v) is 19.0. The Balaban J connectivity index is 1.55. The van der Waals surface area contributed by atoms with Gasteiger partial charge in [-0.1, -0.05) is 42.5 Å². The molecule has 2 aromatic carbocycles. The third-order valence-corrected chi connectivity index (χ3v) is 5.46. The summed E-state index contributed by atoms with van der Waals surface area (Å²) in [4.78, 5) is 25.6. The molecule has 1 amide bonds. The van der Waals surface area contributed by atoms with Gasteiger partial charge in [0.1, 0.15) is 5.82 Å². The molecule has 1 N–H and O–H groups in total. The van der Waals surface area contributed by atoms with Gasteiger partial charge in [0.15, 0.2) is 0 Å². The summed E-state index contributed by atoms with van der Waals surface area (Å²) < 4.78 is 9.17. The lowest BCUT2D eigenvalue weighted by molar-refractivity contribution is -0.121. The van der Waals surface area contributed by atoms with Crippen molar-refractivity contribution in [3.63, 3.8) is 0 Å². The van der Waals surface area contributed by atoms with Crippen molar-refractivity contribution in [2.75, 3.05) is 6.61 Å². The van der Waals surface area contributed by atoms with Crippen molar-refractivity contribution in [1.29, 1.82) is 0 Å². The Morgan fingerprint density at radius 1 is 1.06 bits per heavy atom. The molecule has 0 aliphatic carbocycles. The molecule has 33 heavy (non-hydrogen) atoms. The second kappa shape index (κ2) is 10.4. The number of fused-ring (bicyclic) bond motifs is 3. The van der Waals surface area contributed by atoms with Gasteiger partial charge in [-0.3, -0.25) is 18.6 Å². The average molecular weight is 448 g/mol. The number of hydrogen-bond acceptors (Lipinski definition) is 5. The number of ether oxygens (including phenoxy) is 1. The Labute approximate surface area is 192 Å². The van der Waals surface area contributed by atoms with Gasteiger partial charge in [0.2, 0.25) is 11.7 Å². The second-order valence-electron chi connectivity index (χ2n) is 8.26. The fraction of sp³-hybridized carbons (Fsp3) is 0.360. The minimum atomic E-state index is -0.0952. The first kappa shape index (κ1) is 22.7. The van der Waals surface area contributed by atoms with Gasteiger partial charge in [-0.2, -0.15) is 0 Å². The van der Waals surface area contributed by atoms with E-state index in [2.05, 4.69) is 15.5 Å². The summed E-state index contributed by atoms with van der Waals surface area (Å²) in [7, 11) is 0. The molecule has 2 heterocycles. The second-order valence-corrected chi connectivity index (χ2v) is 8.26. The van der Waals surface area contributed by atoms with Gasteiger partial charge < -0.3 is 10.1 Å². The number of nitrogens with zero attached hydrogens (tertiary/aromatic N) is 4. The standard InChI is InChI=1S/C25H29N5O3/c1-18(2)33-16-8-15-29-24(32)20-11-6-7-12-21(20)30-22(27-28-25(29)30)13-14-23(31)26-17-19-9-4-3-5-10-19/h3-7,9-12,18H,8,13-17H2,1-2H3,(H,26,31).